The summed E-state index contributed by atoms with van der Waals surface area (Å²) in [4.78, 5) is 29.1. The van der Waals surface area contributed by atoms with E-state index in [1.54, 1.807) is 0 Å². The van der Waals surface area contributed by atoms with Crippen LogP contribution in [0.25, 0.3) is 0 Å². The maximum absolute atomic E-state index is 12.8. The fourth-order valence-corrected chi connectivity index (χ4v) is 3.61. The van der Waals surface area contributed by atoms with Crippen molar-refractivity contribution in [2.75, 3.05) is 32.8 Å². The van der Waals surface area contributed by atoms with Crippen LogP contribution in [-0.4, -0.2) is 60.5 Å². The zero-order valence-corrected chi connectivity index (χ0v) is 16.2. The lowest BCUT2D eigenvalue weighted by Gasteiger charge is -2.24. The Balaban J connectivity index is 1.61. The molecule has 2 aliphatic rings. The van der Waals surface area contributed by atoms with Gasteiger partial charge in [-0.2, -0.15) is 0 Å². The van der Waals surface area contributed by atoms with E-state index in [2.05, 4.69) is 20.8 Å². The molecule has 1 atom stereocenters. The van der Waals surface area contributed by atoms with Crippen molar-refractivity contribution in [2.45, 2.75) is 51.6 Å². The minimum absolute atomic E-state index is 0.0527. The first-order valence-electron chi connectivity index (χ1n) is 9.66. The van der Waals surface area contributed by atoms with Gasteiger partial charge in [0, 0.05) is 38.3 Å². The molecular weight excluding hydrogens is 328 g/mol. The van der Waals surface area contributed by atoms with Crippen molar-refractivity contribution >= 4 is 11.8 Å². The van der Waals surface area contributed by atoms with Gasteiger partial charge in [-0.3, -0.25) is 9.59 Å². The van der Waals surface area contributed by atoms with Crippen LogP contribution in [0.5, 0.6) is 0 Å². The lowest BCUT2D eigenvalue weighted by molar-refractivity contribution is -0.140. The van der Waals surface area contributed by atoms with Crippen LogP contribution < -0.4 is 0 Å². The van der Waals surface area contributed by atoms with Crippen LogP contribution in [0.3, 0.4) is 0 Å². The molecule has 0 N–H and O–H groups in total. The maximum Gasteiger partial charge on any atom is 0.253 e. The average Bonchev–Trinajstić information content (AvgIpc) is 3.04. The highest BCUT2D eigenvalue weighted by Crippen LogP contribution is 2.23. The highest BCUT2D eigenvalue weighted by atomic mass is 16.5. The Kier molecular flexibility index (Phi) is 5.66. The van der Waals surface area contributed by atoms with Crippen molar-refractivity contribution in [2.24, 2.45) is 0 Å². The van der Waals surface area contributed by atoms with E-state index in [0.29, 0.717) is 32.8 Å². The number of rotatable bonds is 2. The molecule has 2 fully saturated rings. The lowest BCUT2D eigenvalue weighted by Crippen LogP contribution is -2.41. The molecule has 0 radical (unpaired) electrons. The molecule has 0 aliphatic carbocycles. The lowest BCUT2D eigenvalue weighted by atomic mass is 9.86. The SMILES string of the molecule is CC(C)(C)c1ccc(C(=O)N2CCCN(C(=O)C3CCCO3)CC2)cc1. The molecule has 2 saturated heterocycles. The summed E-state index contributed by atoms with van der Waals surface area (Å²) in [7, 11) is 0. The summed E-state index contributed by atoms with van der Waals surface area (Å²) in [6, 6.07) is 7.92. The molecule has 2 amide bonds. The Hall–Kier alpha value is -1.88. The van der Waals surface area contributed by atoms with Gasteiger partial charge in [0.25, 0.3) is 11.8 Å². The van der Waals surface area contributed by atoms with Gasteiger partial charge in [0.2, 0.25) is 0 Å². The topological polar surface area (TPSA) is 49.9 Å². The monoisotopic (exact) mass is 358 g/mol. The summed E-state index contributed by atoms with van der Waals surface area (Å²) in [5.74, 6) is 0.142. The Morgan fingerprint density at radius 2 is 1.62 bits per heavy atom. The van der Waals surface area contributed by atoms with Gasteiger partial charge >= 0.3 is 0 Å². The molecule has 0 spiro atoms. The highest BCUT2D eigenvalue weighted by molar-refractivity contribution is 5.94. The fraction of sp³-hybridized carbons (Fsp3) is 0.619. The summed E-state index contributed by atoms with van der Waals surface area (Å²) in [6.45, 7) is 9.73. The number of amides is 2. The summed E-state index contributed by atoms with van der Waals surface area (Å²) in [5, 5.41) is 0. The first-order valence-corrected chi connectivity index (χ1v) is 9.66. The molecule has 0 aromatic heterocycles. The van der Waals surface area contributed by atoms with Crippen LogP contribution in [-0.2, 0) is 14.9 Å². The largest absolute Gasteiger partial charge is 0.368 e. The van der Waals surface area contributed by atoms with E-state index in [9.17, 15) is 9.59 Å². The van der Waals surface area contributed by atoms with Gasteiger partial charge in [-0.05, 0) is 42.4 Å². The van der Waals surface area contributed by atoms with Crippen LogP contribution in [0.1, 0.15) is 56.0 Å². The first-order chi connectivity index (χ1) is 12.4. The number of hydrogen-bond donors (Lipinski definition) is 0. The predicted molar refractivity (Wildman–Crippen MR) is 101 cm³/mol. The smallest absolute Gasteiger partial charge is 0.253 e. The van der Waals surface area contributed by atoms with Gasteiger partial charge in [0.05, 0.1) is 0 Å². The molecule has 1 unspecified atom stereocenters. The molecule has 5 heteroatoms. The van der Waals surface area contributed by atoms with Crippen LogP contribution in [0.15, 0.2) is 24.3 Å². The van der Waals surface area contributed by atoms with E-state index >= 15 is 0 Å². The van der Waals surface area contributed by atoms with Gasteiger partial charge in [-0.1, -0.05) is 32.9 Å². The van der Waals surface area contributed by atoms with Crippen LogP contribution >= 0.6 is 0 Å². The van der Waals surface area contributed by atoms with Gasteiger partial charge in [0.1, 0.15) is 6.10 Å². The second kappa shape index (κ2) is 7.78. The van der Waals surface area contributed by atoms with Crippen LogP contribution in [0, 0.1) is 0 Å². The number of benzene rings is 1. The van der Waals surface area contributed by atoms with E-state index in [1.165, 1.54) is 5.56 Å². The van der Waals surface area contributed by atoms with E-state index < -0.39 is 0 Å². The van der Waals surface area contributed by atoms with Gasteiger partial charge in [-0.15, -0.1) is 0 Å². The van der Waals surface area contributed by atoms with Gasteiger partial charge in [-0.25, -0.2) is 0 Å². The predicted octanol–water partition coefficient (Wildman–Crippen LogP) is 2.84. The van der Waals surface area contributed by atoms with Gasteiger partial charge in [0.15, 0.2) is 0 Å². The molecule has 2 aliphatic heterocycles. The summed E-state index contributed by atoms with van der Waals surface area (Å²) in [6.07, 6.45) is 2.31. The second-order valence-corrected chi connectivity index (χ2v) is 8.30. The van der Waals surface area contributed by atoms with Crippen LogP contribution in [0.2, 0.25) is 0 Å². The number of nitrogens with zero attached hydrogens (tertiary/aromatic N) is 2. The number of carbonyl (C=O) groups is 2. The van der Waals surface area contributed by atoms with Gasteiger partial charge < -0.3 is 14.5 Å². The molecule has 2 heterocycles. The molecule has 142 valence electrons. The van der Waals surface area contributed by atoms with Crippen molar-refractivity contribution in [3.8, 4) is 0 Å². The van der Waals surface area contributed by atoms with Crippen molar-refractivity contribution < 1.29 is 14.3 Å². The van der Waals surface area contributed by atoms with E-state index in [0.717, 1.165) is 24.8 Å². The third-order valence-corrected chi connectivity index (χ3v) is 5.30. The van der Waals surface area contributed by atoms with Crippen molar-refractivity contribution in [3.63, 3.8) is 0 Å². The highest BCUT2D eigenvalue weighted by Gasteiger charge is 2.30. The van der Waals surface area contributed by atoms with E-state index in [-0.39, 0.29) is 23.3 Å². The summed E-state index contributed by atoms with van der Waals surface area (Å²) >= 11 is 0. The second-order valence-electron chi connectivity index (χ2n) is 8.30. The number of ether oxygens (including phenoxy) is 1. The third-order valence-electron chi connectivity index (χ3n) is 5.30. The molecular formula is C21H30N2O3. The molecule has 0 bridgehead atoms. The molecule has 1 aromatic rings. The zero-order chi connectivity index (χ0) is 18.7. The quantitative estimate of drug-likeness (QED) is 0.817. The first kappa shape index (κ1) is 18.9. The summed E-state index contributed by atoms with van der Waals surface area (Å²) < 4.78 is 5.52. The van der Waals surface area contributed by atoms with Crippen molar-refractivity contribution in [1.82, 2.24) is 9.80 Å². The standard InChI is InChI=1S/C21H30N2O3/c1-21(2,3)17-9-7-16(8-10-17)19(24)22-11-5-12-23(14-13-22)20(25)18-6-4-15-26-18/h7-10,18H,4-6,11-15H2,1-3H3. The van der Waals surface area contributed by atoms with Crippen LogP contribution in [0.4, 0.5) is 0 Å². The van der Waals surface area contributed by atoms with Crippen molar-refractivity contribution in [1.29, 1.82) is 0 Å². The molecule has 5 nitrogen and oxygen atoms in total. The zero-order valence-electron chi connectivity index (χ0n) is 16.2. The maximum atomic E-state index is 12.8. The Morgan fingerprint density at radius 3 is 2.23 bits per heavy atom. The Morgan fingerprint density at radius 1 is 0.962 bits per heavy atom. The average molecular weight is 358 g/mol. The Labute approximate surface area is 156 Å². The minimum atomic E-state index is -0.276. The third kappa shape index (κ3) is 4.26. The molecule has 0 saturated carbocycles. The van der Waals surface area contributed by atoms with E-state index in [1.807, 2.05) is 34.1 Å². The van der Waals surface area contributed by atoms with E-state index in [4.69, 9.17) is 4.74 Å². The normalized spacial score (nSPS) is 21.6. The Bertz CT molecular complexity index is 642. The fourth-order valence-electron chi connectivity index (χ4n) is 3.61. The summed E-state index contributed by atoms with van der Waals surface area (Å²) in [5.41, 5.74) is 2.02. The minimum Gasteiger partial charge on any atom is -0.368 e. The number of hydrogen-bond acceptors (Lipinski definition) is 3. The molecule has 26 heavy (non-hydrogen) atoms. The molecule has 3 rings (SSSR count). The number of carbonyl (C=O) groups excluding carboxylic acids is 2. The van der Waals surface area contributed by atoms with Crippen molar-refractivity contribution in [3.05, 3.63) is 35.4 Å². The molecule has 1 aromatic carbocycles.